The number of pyridine rings is 1. The van der Waals surface area contributed by atoms with E-state index in [4.69, 9.17) is 5.11 Å². The predicted octanol–water partition coefficient (Wildman–Crippen LogP) is 2.20. The Morgan fingerprint density at radius 1 is 1.37 bits per heavy atom. The summed E-state index contributed by atoms with van der Waals surface area (Å²) in [6.07, 6.45) is -3.41. The van der Waals surface area contributed by atoms with Crippen molar-refractivity contribution in [2.24, 2.45) is 7.05 Å². The fourth-order valence-electron chi connectivity index (χ4n) is 1.62. The summed E-state index contributed by atoms with van der Waals surface area (Å²) in [5.74, 6) is -1.28. The van der Waals surface area contributed by atoms with Gasteiger partial charge in [-0.2, -0.15) is 18.3 Å². The van der Waals surface area contributed by atoms with Gasteiger partial charge in [-0.1, -0.05) is 6.07 Å². The van der Waals surface area contributed by atoms with E-state index in [1.807, 2.05) is 0 Å². The van der Waals surface area contributed by atoms with E-state index in [0.29, 0.717) is 0 Å². The minimum absolute atomic E-state index is 0.0427. The monoisotopic (exact) mass is 271 g/mol. The lowest BCUT2D eigenvalue weighted by Crippen LogP contribution is -2.10. The molecule has 0 saturated heterocycles. The van der Waals surface area contributed by atoms with Crippen LogP contribution in [-0.2, 0) is 13.2 Å². The predicted molar refractivity (Wildman–Crippen MR) is 58.4 cm³/mol. The molecule has 2 rings (SSSR count). The zero-order valence-corrected chi connectivity index (χ0v) is 9.64. The van der Waals surface area contributed by atoms with E-state index in [-0.39, 0.29) is 17.0 Å². The van der Waals surface area contributed by atoms with E-state index in [1.165, 1.54) is 25.4 Å². The summed E-state index contributed by atoms with van der Waals surface area (Å²) in [5, 5.41) is 12.7. The van der Waals surface area contributed by atoms with E-state index in [0.717, 1.165) is 10.7 Å². The first-order valence-electron chi connectivity index (χ1n) is 5.10. The van der Waals surface area contributed by atoms with Gasteiger partial charge in [0.25, 0.3) is 0 Å². The number of hydrogen-bond donors (Lipinski definition) is 1. The van der Waals surface area contributed by atoms with E-state index in [1.54, 1.807) is 0 Å². The summed E-state index contributed by atoms with van der Waals surface area (Å²) in [5.41, 5.74) is -1.33. The number of aromatic carboxylic acids is 1. The van der Waals surface area contributed by atoms with Gasteiger partial charge in [-0.25, -0.2) is 9.78 Å². The second-order valence-electron chi connectivity index (χ2n) is 3.74. The summed E-state index contributed by atoms with van der Waals surface area (Å²) in [4.78, 5) is 14.5. The molecule has 5 nitrogen and oxygen atoms in total. The lowest BCUT2D eigenvalue weighted by molar-refractivity contribution is -0.141. The van der Waals surface area contributed by atoms with Gasteiger partial charge in [-0.3, -0.25) is 4.68 Å². The van der Waals surface area contributed by atoms with E-state index in [9.17, 15) is 18.0 Å². The number of alkyl halides is 3. The van der Waals surface area contributed by atoms with Crippen LogP contribution in [0.2, 0.25) is 0 Å². The molecule has 100 valence electrons. The maximum absolute atomic E-state index is 12.5. The topological polar surface area (TPSA) is 68.0 Å². The van der Waals surface area contributed by atoms with Gasteiger partial charge in [-0.15, -0.1) is 0 Å². The van der Waals surface area contributed by atoms with Crippen LogP contribution in [0.3, 0.4) is 0 Å². The third kappa shape index (κ3) is 2.42. The van der Waals surface area contributed by atoms with Crippen LogP contribution in [0, 0.1) is 0 Å². The molecule has 0 atom stereocenters. The highest BCUT2D eigenvalue weighted by Crippen LogP contribution is 2.30. The van der Waals surface area contributed by atoms with Crippen LogP contribution in [0.1, 0.15) is 16.2 Å². The molecule has 1 N–H and O–H groups in total. The normalized spacial score (nSPS) is 11.6. The highest BCUT2D eigenvalue weighted by Gasteiger charge is 2.33. The van der Waals surface area contributed by atoms with Crippen LogP contribution in [0.5, 0.6) is 0 Å². The maximum atomic E-state index is 12.5. The van der Waals surface area contributed by atoms with Crippen molar-refractivity contribution >= 4 is 5.97 Å². The van der Waals surface area contributed by atoms with Crippen molar-refractivity contribution in [3.63, 3.8) is 0 Å². The van der Waals surface area contributed by atoms with E-state index in [2.05, 4.69) is 10.1 Å². The Bertz CT molecular complexity index is 634. The Morgan fingerprint density at radius 3 is 2.63 bits per heavy atom. The van der Waals surface area contributed by atoms with Crippen LogP contribution in [0.4, 0.5) is 13.2 Å². The summed E-state index contributed by atoms with van der Waals surface area (Å²) in [6, 6.07) is 3.29. The number of hydrogen-bond acceptors (Lipinski definition) is 3. The van der Waals surface area contributed by atoms with Gasteiger partial charge in [0, 0.05) is 7.05 Å². The van der Waals surface area contributed by atoms with Gasteiger partial charge < -0.3 is 5.11 Å². The summed E-state index contributed by atoms with van der Waals surface area (Å²) < 4.78 is 38.7. The molecule has 0 unspecified atom stereocenters. The van der Waals surface area contributed by atoms with Crippen molar-refractivity contribution in [2.45, 2.75) is 6.18 Å². The molecule has 2 aromatic rings. The number of aryl methyl sites for hydroxylation is 1. The Labute approximate surface area is 105 Å². The Hall–Kier alpha value is -2.38. The second kappa shape index (κ2) is 4.38. The van der Waals surface area contributed by atoms with Crippen LogP contribution < -0.4 is 0 Å². The lowest BCUT2D eigenvalue weighted by atomic mass is 10.1. The van der Waals surface area contributed by atoms with Crippen LogP contribution in [-0.4, -0.2) is 25.8 Å². The fourth-order valence-corrected chi connectivity index (χ4v) is 1.62. The molecular weight excluding hydrogens is 263 g/mol. The zero-order valence-electron chi connectivity index (χ0n) is 9.64. The molecule has 0 radical (unpaired) electrons. The van der Waals surface area contributed by atoms with Crippen molar-refractivity contribution in [1.29, 1.82) is 0 Å². The molecular formula is C11H8F3N3O2. The first kappa shape index (κ1) is 13.1. The van der Waals surface area contributed by atoms with Crippen LogP contribution in [0.25, 0.3) is 11.3 Å². The van der Waals surface area contributed by atoms with Crippen molar-refractivity contribution < 1.29 is 23.1 Å². The van der Waals surface area contributed by atoms with Gasteiger partial charge in [-0.05, 0) is 12.1 Å². The number of nitrogens with zero attached hydrogens (tertiary/aromatic N) is 3. The SMILES string of the molecule is Cn1ncc(-c2cccc(C(F)(F)F)n2)c1C(=O)O. The third-order valence-corrected chi connectivity index (χ3v) is 2.46. The Kier molecular flexibility index (Phi) is 3.01. The van der Waals surface area contributed by atoms with E-state index >= 15 is 0 Å². The molecule has 0 aliphatic rings. The molecule has 0 aliphatic carbocycles. The number of rotatable bonds is 2. The Morgan fingerprint density at radius 2 is 2.05 bits per heavy atom. The zero-order chi connectivity index (χ0) is 14.2. The summed E-state index contributed by atoms with van der Waals surface area (Å²) in [6.45, 7) is 0. The fraction of sp³-hybridized carbons (Fsp3) is 0.182. The molecule has 0 spiro atoms. The molecule has 0 aliphatic heterocycles. The molecule has 2 heterocycles. The third-order valence-electron chi connectivity index (χ3n) is 2.46. The quantitative estimate of drug-likeness (QED) is 0.909. The maximum Gasteiger partial charge on any atom is 0.433 e. The average molecular weight is 271 g/mol. The lowest BCUT2D eigenvalue weighted by Gasteiger charge is -2.07. The number of carbonyl (C=O) groups is 1. The number of aromatic nitrogens is 3. The molecule has 8 heteroatoms. The first-order valence-corrected chi connectivity index (χ1v) is 5.10. The standard InChI is InChI=1S/C11H8F3N3O2/c1-17-9(10(18)19)6(5-15-17)7-3-2-4-8(16-7)11(12,13)14/h2-5H,1H3,(H,18,19). The highest BCUT2D eigenvalue weighted by atomic mass is 19.4. The molecule has 2 aromatic heterocycles. The molecule has 0 aromatic carbocycles. The summed E-state index contributed by atoms with van der Waals surface area (Å²) >= 11 is 0. The van der Waals surface area contributed by atoms with Crippen molar-refractivity contribution in [3.05, 3.63) is 35.8 Å². The molecule has 0 bridgehead atoms. The number of halogens is 3. The summed E-state index contributed by atoms with van der Waals surface area (Å²) in [7, 11) is 1.39. The van der Waals surface area contributed by atoms with Gasteiger partial charge in [0.05, 0.1) is 17.5 Å². The first-order chi connectivity index (χ1) is 8.80. The molecule has 0 saturated carbocycles. The van der Waals surface area contributed by atoms with Crippen molar-refractivity contribution in [2.75, 3.05) is 0 Å². The molecule has 0 amide bonds. The van der Waals surface area contributed by atoms with Gasteiger partial charge >= 0.3 is 12.1 Å². The molecule has 19 heavy (non-hydrogen) atoms. The average Bonchev–Trinajstić information content (AvgIpc) is 2.70. The van der Waals surface area contributed by atoms with E-state index < -0.39 is 17.8 Å². The second-order valence-corrected chi connectivity index (χ2v) is 3.74. The van der Waals surface area contributed by atoms with Crippen molar-refractivity contribution in [3.8, 4) is 11.3 Å². The highest BCUT2D eigenvalue weighted by molar-refractivity contribution is 5.93. The van der Waals surface area contributed by atoms with Crippen LogP contribution in [0.15, 0.2) is 24.4 Å². The minimum atomic E-state index is -4.58. The van der Waals surface area contributed by atoms with Crippen LogP contribution >= 0.6 is 0 Å². The largest absolute Gasteiger partial charge is 0.477 e. The van der Waals surface area contributed by atoms with Gasteiger partial charge in [0.2, 0.25) is 0 Å². The van der Waals surface area contributed by atoms with Gasteiger partial charge in [0.15, 0.2) is 5.69 Å². The smallest absolute Gasteiger partial charge is 0.433 e. The van der Waals surface area contributed by atoms with Gasteiger partial charge in [0.1, 0.15) is 5.69 Å². The molecule has 0 fully saturated rings. The minimum Gasteiger partial charge on any atom is -0.477 e. The number of carboxylic acids is 1. The number of carboxylic acid groups (broad SMARTS) is 1. The Balaban J connectivity index is 2.57. The van der Waals surface area contributed by atoms with Crippen molar-refractivity contribution in [1.82, 2.24) is 14.8 Å².